The van der Waals surface area contributed by atoms with Gasteiger partial charge in [-0.05, 0) is 36.6 Å². The van der Waals surface area contributed by atoms with Crippen LogP contribution in [0.3, 0.4) is 0 Å². The fourth-order valence-corrected chi connectivity index (χ4v) is 2.91. The van der Waals surface area contributed by atoms with Crippen molar-refractivity contribution in [2.24, 2.45) is 0 Å². The number of rotatable bonds is 8. The molecular weight excluding hydrogens is 330 g/mol. The minimum Gasteiger partial charge on any atom is -0.494 e. The van der Waals surface area contributed by atoms with Crippen LogP contribution in [0.4, 0.5) is 0 Å². The number of ketones is 1. The van der Waals surface area contributed by atoms with Gasteiger partial charge in [-0.2, -0.15) is 0 Å². The Bertz CT molecular complexity index is 783. The van der Waals surface area contributed by atoms with Crippen molar-refractivity contribution in [2.45, 2.75) is 32.7 Å². The summed E-state index contributed by atoms with van der Waals surface area (Å²) < 4.78 is 11.2. The van der Waals surface area contributed by atoms with Crippen LogP contribution in [0, 0.1) is 0 Å². The zero-order valence-electron chi connectivity index (χ0n) is 14.9. The van der Waals surface area contributed by atoms with E-state index in [-0.39, 0.29) is 18.3 Å². The van der Waals surface area contributed by atoms with E-state index in [4.69, 9.17) is 9.47 Å². The number of amides is 1. The van der Waals surface area contributed by atoms with E-state index in [1.807, 2.05) is 30.3 Å². The molecule has 5 heteroatoms. The fraction of sp³-hybridized carbons (Fsp3) is 0.333. The Kier molecular flexibility index (Phi) is 5.89. The van der Waals surface area contributed by atoms with Crippen LogP contribution in [0.5, 0.6) is 11.5 Å². The Labute approximate surface area is 153 Å². The topological polar surface area (TPSA) is 64.6 Å². The molecule has 2 aromatic carbocycles. The highest BCUT2D eigenvalue weighted by Crippen LogP contribution is 2.30. The molecule has 1 aliphatic rings. The first kappa shape index (κ1) is 18.0. The predicted octanol–water partition coefficient (Wildman–Crippen LogP) is 3.30. The molecule has 0 saturated carbocycles. The molecule has 0 fully saturated rings. The molecule has 26 heavy (non-hydrogen) atoms. The summed E-state index contributed by atoms with van der Waals surface area (Å²) in [7, 11) is 0. The van der Waals surface area contributed by atoms with Crippen molar-refractivity contribution in [1.29, 1.82) is 0 Å². The molecular formula is C21H23NO4. The first-order valence-electron chi connectivity index (χ1n) is 8.93. The molecule has 1 aliphatic carbocycles. The van der Waals surface area contributed by atoms with Crippen LogP contribution in [-0.4, -0.2) is 24.9 Å². The summed E-state index contributed by atoms with van der Waals surface area (Å²) in [5.74, 6) is 1.40. The van der Waals surface area contributed by atoms with Gasteiger partial charge in [-0.25, -0.2) is 0 Å². The van der Waals surface area contributed by atoms with E-state index >= 15 is 0 Å². The Morgan fingerprint density at radius 1 is 1.08 bits per heavy atom. The average molecular weight is 353 g/mol. The van der Waals surface area contributed by atoms with Crippen LogP contribution < -0.4 is 14.8 Å². The van der Waals surface area contributed by atoms with Gasteiger partial charge in [0.05, 0.1) is 6.61 Å². The number of hydrogen-bond donors (Lipinski definition) is 1. The molecule has 0 unspecified atom stereocenters. The van der Waals surface area contributed by atoms with Gasteiger partial charge in [0.2, 0.25) is 0 Å². The van der Waals surface area contributed by atoms with Gasteiger partial charge in [0.25, 0.3) is 5.91 Å². The van der Waals surface area contributed by atoms with Gasteiger partial charge in [0.1, 0.15) is 11.5 Å². The Hall–Kier alpha value is -2.82. The average Bonchev–Trinajstić information content (AvgIpc) is 3.05. The molecule has 5 nitrogen and oxygen atoms in total. The minimum atomic E-state index is -0.196. The third kappa shape index (κ3) is 4.42. The van der Waals surface area contributed by atoms with Gasteiger partial charge >= 0.3 is 0 Å². The van der Waals surface area contributed by atoms with Crippen molar-refractivity contribution >= 4 is 11.7 Å². The summed E-state index contributed by atoms with van der Waals surface area (Å²) in [5.41, 5.74) is 2.62. The van der Waals surface area contributed by atoms with Gasteiger partial charge < -0.3 is 14.8 Å². The highest BCUT2D eigenvalue weighted by Gasteiger charge is 2.22. The summed E-state index contributed by atoms with van der Waals surface area (Å²) >= 11 is 0. The summed E-state index contributed by atoms with van der Waals surface area (Å²) in [6.45, 7) is 3.12. The van der Waals surface area contributed by atoms with Crippen LogP contribution in [0.2, 0.25) is 0 Å². The van der Waals surface area contributed by atoms with Crippen LogP contribution in [-0.2, 0) is 17.8 Å². The third-order valence-electron chi connectivity index (χ3n) is 4.28. The van der Waals surface area contributed by atoms with E-state index < -0.39 is 0 Å². The van der Waals surface area contributed by atoms with Crippen molar-refractivity contribution in [3.05, 3.63) is 59.2 Å². The molecule has 0 spiro atoms. The molecule has 0 saturated heterocycles. The summed E-state index contributed by atoms with van der Waals surface area (Å²) in [6, 6.07) is 13.1. The van der Waals surface area contributed by atoms with Crippen LogP contribution in [0.1, 0.15) is 41.3 Å². The van der Waals surface area contributed by atoms with Gasteiger partial charge in [0.15, 0.2) is 12.4 Å². The summed E-state index contributed by atoms with van der Waals surface area (Å²) in [4.78, 5) is 23.8. The highest BCUT2D eigenvalue weighted by atomic mass is 16.5. The number of fused-ring (bicyclic) bond motifs is 1. The second-order valence-electron chi connectivity index (χ2n) is 6.26. The lowest BCUT2D eigenvalue weighted by Crippen LogP contribution is -2.28. The molecule has 3 rings (SSSR count). The summed E-state index contributed by atoms with van der Waals surface area (Å²) in [6.07, 6.45) is 2.16. The number of nitrogens with one attached hydrogen (secondary N) is 1. The molecule has 0 aromatic heterocycles. The quantitative estimate of drug-likeness (QED) is 0.791. The number of carbonyl (C=O) groups is 2. The van der Waals surface area contributed by atoms with E-state index in [1.165, 1.54) is 0 Å². The number of hydrogen-bond acceptors (Lipinski definition) is 4. The smallest absolute Gasteiger partial charge is 0.258 e. The third-order valence-corrected chi connectivity index (χ3v) is 4.28. The first-order chi connectivity index (χ1) is 12.7. The standard InChI is InChI=1S/C21H23NO4/c1-2-12-25-16-8-6-15(7-9-16)13-22-21(24)14-26-20-5-3-4-17-18(20)10-11-19(17)23/h3-9H,2,10-14H2,1H3,(H,22,24). The van der Waals surface area contributed by atoms with Crippen LogP contribution in [0.15, 0.2) is 42.5 Å². The van der Waals surface area contributed by atoms with E-state index in [0.29, 0.717) is 37.3 Å². The molecule has 0 atom stereocenters. The van der Waals surface area contributed by atoms with E-state index in [1.54, 1.807) is 12.1 Å². The number of benzene rings is 2. The number of carbonyl (C=O) groups excluding carboxylic acids is 2. The van der Waals surface area contributed by atoms with Crippen LogP contribution >= 0.6 is 0 Å². The summed E-state index contributed by atoms with van der Waals surface area (Å²) in [5, 5.41) is 2.84. The first-order valence-corrected chi connectivity index (χ1v) is 8.93. The van der Waals surface area contributed by atoms with Crippen molar-refractivity contribution in [2.75, 3.05) is 13.2 Å². The van der Waals surface area contributed by atoms with Gasteiger partial charge in [0, 0.05) is 24.1 Å². The molecule has 0 bridgehead atoms. The maximum atomic E-state index is 12.0. The normalized spacial score (nSPS) is 12.6. The minimum absolute atomic E-state index is 0.0671. The van der Waals surface area contributed by atoms with Gasteiger partial charge in [-0.3, -0.25) is 9.59 Å². The van der Waals surface area contributed by atoms with Crippen molar-refractivity contribution in [1.82, 2.24) is 5.32 Å². The molecule has 136 valence electrons. The fourth-order valence-electron chi connectivity index (χ4n) is 2.91. The largest absolute Gasteiger partial charge is 0.494 e. The second kappa shape index (κ2) is 8.52. The molecule has 0 heterocycles. The second-order valence-corrected chi connectivity index (χ2v) is 6.26. The maximum absolute atomic E-state index is 12.0. The molecule has 0 radical (unpaired) electrons. The molecule has 0 aliphatic heterocycles. The Morgan fingerprint density at radius 3 is 2.65 bits per heavy atom. The zero-order chi connectivity index (χ0) is 18.4. The number of Topliss-reactive ketones (excluding diaryl/α,β-unsaturated/α-hetero) is 1. The monoisotopic (exact) mass is 353 g/mol. The van der Waals surface area contributed by atoms with Crippen molar-refractivity contribution in [3.8, 4) is 11.5 Å². The van der Waals surface area contributed by atoms with Crippen molar-refractivity contribution in [3.63, 3.8) is 0 Å². The Morgan fingerprint density at radius 2 is 1.88 bits per heavy atom. The van der Waals surface area contributed by atoms with E-state index in [9.17, 15) is 9.59 Å². The van der Waals surface area contributed by atoms with Crippen molar-refractivity contribution < 1.29 is 19.1 Å². The van der Waals surface area contributed by atoms with E-state index in [0.717, 1.165) is 23.3 Å². The van der Waals surface area contributed by atoms with Gasteiger partial charge in [-0.15, -0.1) is 0 Å². The Balaban J connectivity index is 1.47. The number of ether oxygens (including phenoxy) is 2. The van der Waals surface area contributed by atoms with Gasteiger partial charge in [-0.1, -0.05) is 31.2 Å². The molecule has 1 N–H and O–H groups in total. The van der Waals surface area contributed by atoms with Crippen LogP contribution in [0.25, 0.3) is 0 Å². The van der Waals surface area contributed by atoms with E-state index in [2.05, 4.69) is 12.2 Å². The lowest BCUT2D eigenvalue weighted by atomic mass is 10.1. The SMILES string of the molecule is CCCOc1ccc(CNC(=O)COc2cccc3c2CCC3=O)cc1. The zero-order valence-corrected chi connectivity index (χ0v) is 14.9. The lowest BCUT2D eigenvalue weighted by Gasteiger charge is -2.11. The molecule has 1 amide bonds. The maximum Gasteiger partial charge on any atom is 0.258 e. The molecule has 2 aromatic rings. The lowest BCUT2D eigenvalue weighted by molar-refractivity contribution is -0.123. The highest BCUT2D eigenvalue weighted by molar-refractivity contribution is 6.01. The predicted molar refractivity (Wildman–Crippen MR) is 98.7 cm³/mol.